The van der Waals surface area contributed by atoms with Crippen LogP contribution in [-0.2, 0) is 16.6 Å². The summed E-state index contributed by atoms with van der Waals surface area (Å²) in [4.78, 5) is 6.90. The molecule has 1 saturated heterocycles. The van der Waals surface area contributed by atoms with Crippen molar-refractivity contribution < 1.29 is 13.5 Å². The minimum atomic E-state index is -3.71. The summed E-state index contributed by atoms with van der Waals surface area (Å²) >= 11 is 0. The van der Waals surface area contributed by atoms with Gasteiger partial charge >= 0.3 is 0 Å². The average Bonchev–Trinajstić information content (AvgIpc) is 2.78. The quantitative estimate of drug-likeness (QED) is 0.667. The van der Waals surface area contributed by atoms with Crippen LogP contribution in [0, 0.1) is 6.92 Å². The Kier molecular flexibility index (Phi) is 5.04. The van der Waals surface area contributed by atoms with Gasteiger partial charge in [0.15, 0.2) is 0 Å². The van der Waals surface area contributed by atoms with Gasteiger partial charge in [-0.2, -0.15) is 0 Å². The van der Waals surface area contributed by atoms with Crippen molar-refractivity contribution in [2.45, 2.75) is 36.4 Å². The molecule has 1 fully saturated rings. The number of aliphatic hydroxyl groups is 1. The molecule has 2 aromatic carbocycles. The van der Waals surface area contributed by atoms with Crippen LogP contribution in [0.15, 0.2) is 77.8 Å². The van der Waals surface area contributed by atoms with E-state index in [9.17, 15) is 13.5 Å². The van der Waals surface area contributed by atoms with Crippen LogP contribution in [0.4, 0.5) is 5.69 Å². The first-order valence-corrected chi connectivity index (χ1v) is 11.9. The number of hydrogen-bond acceptors (Lipinski definition) is 5. The predicted molar refractivity (Wildman–Crippen MR) is 119 cm³/mol. The molecule has 1 aromatic heterocycles. The summed E-state index contributed by atoms with van der Waals surface area (Å²) in [7, 11) is -3.71. The summed E-state index contributed by atoms with van der Waals surface area (Å²) in [6.45, 7) is 2.84. The summed E-state index contributed by atoms with van der Waals surface area (Å²) in [5, 5.41) is 10.1. The zero-order valence-corrected chi connectivity index (χ0v) is 18.1. The van der Waals surface area contributed by atoms with E-state index in [0.29, 0.717) is 23.7 Å². The van der Waals surface area contributed by atoms with Gasteiger partial charge in [0.25, 0.3) is 10.0 Å². The molecule has 5 rings (SSSR count). The lowest BCUT2D eigenvalue weighted by Crippen LogP contribution is -2.68. The monoisotopic (exact) mass is 435 g/mol. The van der Waals surface area contributed by atoms with Gasteiger partial charge in [0, 0.05) is 30.7 Å². The molecule has 0 amide bonds. The van der Waals surface area contributed by atoms with Gasteiger partial charge in [-0.1, -0.05) is 36.4 Å². The second-order valence-electron chi connectivity index (χ2n) is 8.25. The zero-order valence-electron chi connectivity index (χ0n) is 17.3. The summed E-state index contributed by atoms with van der Waals surface area (Å²) in [5.74, 6) is 0.0915. The fraction of sp³-hybridized carbons (Fsp3) is 0.292. The number of benzene rings is 2. The van der Waals surface area contributed by atoms with Crippen molar-refractivity contribution in [2.24, 2.45) is 0 Å². The molecule has 2 aliphatic heterocycles. The normalized spacial score (nSPS) is 23.0. The predicted octanol–water partition coefficient (Wildman–Crippen LogP) is 2.93. The largest absolute Gasteiger partial charge is 0.395 e. The average molecular weight is 436 g/mol. The number of aryl methyl sites for hydroxylation is 1. The molecular formula is C24H25N3O3S. The molecule has 0 saturated carbocycles. The van der Waals surface area contributed by atoms with Crippen LogP contribution in [-0.4, -0.2) is 48.6 Å². The molecule has 3 heterocycles. The highest BCUT2D eigenvalue weighted by Crippen LogP contribution is 2.49. The number of anilines is 1. The molecule has 3 atom stereocenters. The Morgan fingerprint density at radius 1 is 1.06 bits per heavy atom. The zero-order chi connectivity index (χ0) is 21.6. The van der Waals surface area contributed by atoms with Gasteiger partial charge in [0.05, 0.1) is 29.4 Å². The maximum Gasteiger partial charge on any atom is 0.264 e. The topological polar surface area (TPSA) is 73.7 Å². The fourth-order valence-electron chi connectivity index (χ4n) is 4.97. The van der Waals surface area contributed by atoms with Crippen molar-refractivity contribution in [1.29, 1.82) is 0 Å². The molecule has 0 aliphatic carbocycles. The summed E-state index contributed by atoms with van der Waals surface area (Å²) < 4.78 is 28.8. The highest BCUT2D eigenvalue weighted by atomic mass is 32.2. The molecule has 6 nitrogen and oxygen atoms in total. The Hall–Kier alpha value is -2.74. The molecule has 0 bridgehead atoms. The number of hydrogen-bond donors (Lipinski definition) is 1. The number of para-hydroxylation sites is 1. The third-order valence-corrected chi connectivity index (χ3v) is 8.21. The van der Waals surface area contributed by atoms with E-state index in [-0.39, 0.29) is 24.6 Å². The number of aliphatic hydroxyl groups excluding tert-OH is 1. The number of pyridine rings is 1. The Labute approximate surface area is 182 Å². The Balaban J connectivity index is 1.55. The van der Waals surface area contributed by atoms with Gasteiger partial charge in [0.1, 0.15) is 0 Å². The van der Waals surface area contributed by atoms with Crippen LogP contribution in [0.2, 0.25) is 0 Å². The third kappa shape index (κ3) is 3.33. The lowest BCUT2D eigenvalue weighted by molar-refractivity contribution is -0.0485. The Morgan fingerprint density at radius 2 is 1.87 bits per heavy atom. The minimum absolute atomic E-state index is 0.0198. The van der Waals surface area contributed by atoms with Crippen molar-refractivity contribution >= 4 is 15.7 Å². The van der Waals surface area contributed by atoms with Gasteiger partial charge in [0.2, 0.25) is 0 Å². The summed E-state index contributed by atoms with van der Waals surface area (Å²) in [5.41, 5.74) is 3.50. The Bertz CT molecular complexity index is 1200. The molecule has 0 unspecified atom stereocenters. The van der Waals surface area contributed by atoms with Crippen molar-refractivity contribution in [1.82, 2.24) is 9.88 Å². The number of nitrogens with zero attached hydrogens (tertiary/aromatic N) is 3. The molecule has 2 aliphatic rings. The number of sulfonamides is 1. The van der Waals surface area contributed by atoms with E-state index < -0.39 is 10.0 Å². The number of likely N-dealkylation sites (tertiary alicyclic amines) is 1. The van der Waals surface area contributed by atoms with Crippen LogP contribution in [0.25, 0.3) is 0 Å². The lowest BCUT2D eigenvalue weighted by Gasteiger charge is -2.59. The number of aromatic nitrogens is 1. The van der Waals surface area contributed by atoms with E-state index >= 15 is 0 Å². The van der Waals surface area contributed by atoms with Crippen LogP contribution < -0.4 is 4.31 Å². The first kappa shape index (κ1) is 20.2. The van der Waals surface area contributed by atoms with E-state index in [4.69, 9.17) is 0 Å². The molecule has 0 spiro atoms. The van der Waals surface area contributed by atoms with Gasteiger partial charge < -0.3 is 5.11 Å². The van der Waals surface area contributed by atoms with Crippen LogP contribution in [0.1, 0.15) is 22.7 Å². The highest BCUT2D eigenvalue weighted by Gasteiger charge is 2.54. The molecule has 31 heavy (non-hydrogen) atoms. The van der Waals surface area contributed by atoms with Gasteiger partial charge in [-0.3, -0.25) is 14.2 Å². The molecule has 3 aromatic rings. The Morgan fingerprint density at radius 3 is 2.61 bits per heavy atom. The first-order valence-electron chi connectivity index (χ1n) is 10.5. The van der Waals surface area contributed by atoms with E-state index in [1.54, 1.807) is 24.4 Å². The second kappa shape index (κ2) is 7.75. The molecular weight excluding hydrogens is 410 g/mol. The van der Waals surface area contributed by atoms with Gasteiger partial charge in [-0.05, 0) is 48.4 Å². The van der Waals surface area contributed by atoms with Gasteiger partial charge in [-0.25, -0.2) is 8.42 Å². The van der Waals surface area contributed by atoms with Crippen LogP contribution >= 0.6 is 0 Å². The van der Waals surface area contributed by atoms with Gasteiger partial charge in [-0.15, -0.1) is 0 Å². The van der Waals surface area contributed by atoms with Crippen molar-refractivity contribution in [3.05, 3.63) is 89.7 Å². The standard InChI is InChI=1S/C24H25N3O3S/c1-17-7-6-9-19(13-17)31(29,30)27-15-22-24(20-10-2-3-11-21(20)27)23(16-28)26(22)14-18-8-4-5-12-25-18/h2-13,22-24,28H,14-16H2,1H3/t22-,23+,24+/m1/s1. The van der Waals surface area contributed by atoms with E-state index in [0.717, 1.165) is 16.8 Å². The summed E-state index contributed by atoms with van der Waals surface area (Å²) in [6.07, 6.45) is 1.76. The lowest BCUT2D eigenvalue weighted by atomic mass is 9.72. The molecule has 1 N–H and O–H groups in total. The second-order valence-corrected chi connectivity index (χ2v) is 10.1. The van der Waals surface area contributed by atoms with Crippen LogP contribution in [0.3, 0.4) is 0 Å². The third-order valence-electron chi connectivity index (χ3n) is 6.43. The molecule has 160 valence electrons. The van der Waals surface area contributed by atoms with Crippen molar-refractivity contribution in [3.63, 3.8) is 0 Å². The maximum absolute atomic E-state index is 13.6. The highest BCUT2D eigenvalue weighted by molar-refractivity contribution is 7.92. The van der Waals surface area contributed by atoms with Crippen molar-refractivity contribution in [2.75, 3.05) is 17.5 Å². The minimum Gasteiger partial charge on any atom is -0.395 e. The molecule has 7 heteroatoms. The smallest absolute Gasteiger partial charge is 0.264 e. The number of rotatable bonds is 5. The van der Waals surface area contributed by atoms with E-state index in [2.05, 4.69) is 9.88 Å². The molecule has 0 radical (unpaired) electrons. The maximum atomic E-state index is 13.6. The summed E-state index contributed by atoms with van der Waals surface area (Å²) in [6, 6.07) is 20.4. The van der Waals surface area contributed by atoms with E-state index in [1.807, 2.05) is 55.5 Å². The SMILES string of the molecule is Cc1cccc(S(=O)(=O)N2C[C@@H]3[C@H](c4ccccc42)[C@H](CO)N3Cc2ccccn2)c1. The van der Waals surface area contributed by atoms with Crippen molar-refractivity contribution in [3.8, 4) is 0 Å². The number of fused-ring (bicyclic) bond motifs is 3. The fourth-order valence-corrected chi connectivity index (χ4v) is 6.59. The van der Waals surface area contributed by atoms with Crippen LogP contribution in [0.5, 0.6) is 0 Å². The van der Waals surface area contributed by atoms with E-state index in [1.165, 1.54) is 4.31 Å². The first-order chi connectivity index (χ1) is 15.0.